The number of benzene rings is 1. The SMILES string of the molecule is C[C@@H](CO)Oc1cc(Oc2cnc(C(=O)N(C)C)cn2)cc(C(=O)Nc2ccn(C(=O)OC(C)(C)C)n2)c1. The van der Waals surface area contributed by atoms with Gasteiger partial charge in [-0.1, -0.05) is 0 Å². The van der Waals surface area contributed by atoms with Gasteiger partial charge in [-0.25, -0.2) is 14.8 Å². The average molecular weight is 527 g/mol. The van der Waals surface area contributed by atoms with Crippen LogP contribution in [0.25, 0.3) is 0 Å². The van der Waals surface area contributed by atoms with Crippen LogP contribution in [0.15, 0.2) is 42.9 Å². The summed E-state index contributed by atoms with van der Waals surface area (Å²) in [6.07, 6.45) is 2.68. The van der Waals surface area contributed by atoms with Gasteiger partial charge >= 0.3 is 6.09 Å². The maximum atomic E-state index is 13.0. The first-order valence-electron chi connectivity index (χ1n) is 11.6. The molecule has 0 fully saturated rings. The predicted octanol–water partition coefficient (Wildman–Crippen LogP) is 2.96. The second-order valence-electron chi connectivity index (χ2n) is 9.43. The van der Waals surface area contributed by atoms with Crippen LogP contribution >= 0.6 is 0 Å². The standard InChI is InChI=1S/C25H30N6O7/c1-15(14-32)36-17-9-16(22(33)28-20-7-8-31(29-20)24(35)38-25(2,3)4)10-18(11-17)37-21-13-26-19(12-27-21)23(34)30(5)6/h7-13,15,32H,14H2,1-6H3,(H,28,29,33)/t15-/m0/s1. The van der Waals surface area contributed by atoms with E-state index in [9.17, 15) is 19.5 Å². The van der Waals surface area contributed by atoms with E-state index in [-0.39, 0.29) is 47.0 Å². The number of ether oxygens (including phenoxy) is 3. The van der Waals surface area contributed by atoms with E-state index in [0.29, 0.717) is 0 Å². The molecule has 0 unspecified atom stereocenters. The lowest BCUT2D eigenvalue weighted by Gasteiger charge is -2.18. The number of hydrogen-bond acceptors (Lipinski definition) is 10. The molecule has 3 aromatic rings. The number of aliphatic hydroxyl groups is 1. The molecule has 1 aromatic carbocycles. The van der Waals surface area contributed by atoms with Crippen molar-refractivity contribution in [2.45, 2.75) is 39.4 Å². The highest BCUT2D eigenvalue weighted by Gasteiger charge is 2.20. The van der Waals surface area contributed by atoms with Gasteiger partial charge in [-0.05, 0) is 39.8 Å². The minimum atomic E-state index is -0.707. The van der Waals surface area contributed by atoms with E-state index in [1.165, 1.54) is 47.8 Å². The molecule has 0 radical (unpaired) electrons. The van der Waals surface area contributed by atoms with E-state index < -0.39 is 23.7 Å². The quantitative estimate of drug-likeness (QED) is 0.447. The molecule has 0 aliphatic carbocycles. The maximum absolute atomic E-state index is 13.0. The summed E-state index contributed by atoms with van der Waals surface area (Å²) in [5.41, 5.74) is -0.425. The number of nitrogens with zero attached hydrogens (tertiary/aromatic N) is 5. The Labute approximate surface area is 219 Å². The minimum absolute atomic E-state index is 0.0788. The summed E-state index contributed by atoms with van der Waals surface area (Å²) in [6.45, 7) is 6.59. The summed E-state index contributed by atoms with van der Waals surface area (Å²) in [7, 11) is 3.20. The smallest absolute Gasteiger partial charge is 0.435 e. The lowest BCUT2D eigenvalue weighted by atomic mass is 10.2. The molecule has 202 valence electrons. The topological polar surface area (TPSA) is 158 Å². The number of hydrogen-bond donors (Lipinski definition) is 2. The number of aliphatic hydroxyl groups excluding tert-OH is 1. The molecule has 0 aliphatic rings. The molecule has 0 bridgehead atoms. The van der Waals surface area contributed by atoms with Gasteiger partial charge in [-0.3, -0.25) is 9.59 Å². The fraction of sp³-hybridized carbons (Fsp3) is 0.360. The van der Waals surface area contributed by atoms with Gasteiger partial charge in [-0.15, -0.1) is 5.10 Å². The average Bonchev–Trinajstić information content (AvgIpc) is 3.31. The number of carbonyl (C=O) groups excluding carboxylic acids is 3. The highest BCUT2D eigenvalue weighted by Crippen LogP contribution is 2.28. The first-order valence-corrected chi connectivity index (χ1v) is 11.6. The lowest BCUT2D eigenvalue weighted by Crippen LogP contribution is -2.27. The molecular weight excluding hydrogens is 496 g/mol. The molecule has 0 saturated heterocycles. The van der Waals surface area contributed by atoms with Crippen LogP contribution in [0, 0.1) is 0 Å². The third-order valence-electron chi connectivity index (χ3n) is 4.62. The van der Waals surface area contributed by atoms with Crippen LogP contribution in [-0.2, 0) is 4.74 Å². The van der Waals surface area contributed by atoms with Crippen molar-refractivity contribution in [1.82, 2.24) is 24.6 Å². The van der Waals surface area contributed by atoms with E-state index >= 15 is 0 Å². The number of aromatic nitrogens is 4. The zero-order valence-electron chi connectivity index (χ0n) is 22.0. The zero-order chi connectivity index (χ0) is 28.0. The van der Waals surface area contributed by atoms with Crippen molar-refractivity contribution in [2.75, 3.05) is 26.0 Å². The second-order valence-corrected chi connectivity index (χ2v) is 9.43. The summed E-state index contributed by atoms with van der Waals surface area (Å²) >= 11 is 0. The highest BCUT2D eigenvalue weighted by molar-refractivity contribution is 6.04. The van der Waals surface area contributed by atoms with E-state index in [0.717, 1.165) is 4.68 Å². The van der Waals surface area contributed by atoms with Gasteiger partial charge in [0, 0.05) is 38.0 Å². The van der Waals surface area contributed by atoms with Gasteiger partial charge in [0.2, 0.25) is 5.88 Å². The van der Waals surface area contributed by atoms with Gasteiger partial charge in [0.1, 0.15) is 28.9 Å². The summed E-state index contributed by atoms with van der Waals surface area (Å²) in [4.78, 5) is 46.8. The Morgan fingerprint density at radius 1 is 1.11 bits per heavy atom. The fourth-order valence-electron chi connectivity index (χ4n) is 2.92. The summed E-state index contributed by atoms with van der Waals surface area (Å²) in [5.74, 6) is -0.241. The molecule has 2 heterocycles. The Bertz CT molecular complexity index is 1300. The van der Waals surface area contributed by atoms with E-state index in [4.69, 9.17) is 14.2 Å². The van der Waals surface area contributed by atoms with Gasteiger partial charge in [0.05, 0.1) is 19.0 Å². The van der Waals surface area contributed by atoms with Crippen molar-refractivity contribution in [2.24, 2.45) is 0 Å². The van der Waals surface area contributed by atoms with Crippen molar-refractivity contribution in [3.8, 4) is 17.4 Å². The van der Waals surface area contributed by atoms with Gasteiger partial charge in [0.25, 0.3) is 11.8 Å². The van der Waals surface area contributed by atoms with Crippen molar-refractivity contribution in [3.63, 3.8) is 0 Å². The second kappa shape index (κ2) is 11.7. The molecule has 0 aliphatic heterocycles. The van der Waals surface area contributed by atoms with Crippen LogP contribution in [-0.4, -0.2) is 80.1 Å². The van der Waals surface area contributed by atoms with Crippen molar-refractivity contribution in [3.05, 3.63) is 54.1 Å². The van der Waals surface area contributed by atoms with Crippen LogP contribution in [0.2, 0.25) is 0 Å². The van der Waals surface area contributed by atoms with Crippen LogP contribution in [0.5, 0.6) is 17.4 Å². The maximum Gasteiger partial charge on any atom is 0.435 e. The third-order valence-corrected chi connectivity index (χ3v) is 4.62. The van der Waals surface area contributed by atoms with Crippen LogP contribution in [0.4, 0.5) is 10.6 Å². The number of amides is 2. The summed E-state index contributed by atoms with van der Waals surface area (Å²) in [5, 5.41) is 16.0. The Kier molecular flexibility index (Phi) is 8.63. The lowest BCUT2D eigenvalue weighted by molar-refractivity contribution is 0.0514. The molecule has 2 N–H and O–H groups in total. The third kappa shape index (κ3) is 7.74. The Balaban J connectivity index is 1.81. The number of anilines is 1. The van der Waals surface area contributed by atoms with Gasteiger partial charge in [0.15, 0.2) is 5.82 Å². The monoisotopic (exact) mass is 526 g/mol. The molecule has 3 rings (SSSR count). The molecule has 2 amide bonds. The molecule has 13 heteroatoms. The van der Waals surface area contributed by atoms with E-state index in [1.54, 1.807) is 41.8 Å². The van der Waals surface area contributed by atoms with Crippen LogP contribution in [0.3, 0.4) is 0 Å². The first kappa shape index (κ1) is 28.1. The largest absolute Gasteiger partial charge is 0.488 e. The van der Waals surface area contributed by atoms with Crippen molar-refractivity contribution < 1.29 is 33.7 Å². The molecule has 0 saturated carbocycles. The van der Waals surface area contributed by atoms with Crippen molar-refractivity contribution >= 4 is 23.7 Å². The normalized spacial score (nSPS) is 11.9. The minimum Gasteiger partial charge on any atom is -0.488 e. The first-order chi connectivity index (χ1) is 17.8. The molecule has 1 atom stereocenters. The Hall–Kier alpha value is -4.52. The summed E-state index contributed by atoms with van der Waals surface area (Å²) < 4.78 is 17.6. The van der Waals surface area contributed by atoms with E-state index in [1.807, 2.05) is 0 Å². The van der Waals surface area contributed by atoms with Crippen LogP contribution in [0.1, 0.15) is 48.5 Å². The number of carbonyl (C=O) groups is 3. The van der Waals surface area contributed by atoms with Gasteiger partial charge in [-0.2, -0.15) is 4.68 Å². The van der Waals surface area contributed by atoms with Crippen molar-refractivity contribution in [1.29, 1.82) is 0 Å². The Morgan fingerprint density at radius 3 is 2.42 bits per heavy atom. The molecule has 0 spiro atoms. The Morgan fingerprint density at radius 2 is 1.82 bits per heavy atom. The zero-order valence-corrected chi connectivity index (χ0v) is 22.0. The molecule has 2 aromatic heterocycles. The highest BCUT2D eigenvalue weighted by atomic mass is 16.6. The van der Waals surface area contributed by atoms with Gasteiger partial charge < -0.3 is 29.5 Å². The summed E-state index contributed by atoms with van der Waals surface area (Å²) in [6, 6.07) is 5.86. The van der Waals surface area contributed by atoms with E-state index in [2.05, 4.69) is 20.4 Å². The molecule has 38 heavy (non-hydrogen) atoms. The fourth-order valence-corrected chi connectivity index (χ4v) is 2.92. The number of nitrogens with one attached hydrogen (secondary N) is 1. The number of rotatable bonds is 8. The molecular formula is C25H30N6O7. The molecule has 13 nitrogen and oxygen atoms in total. The predicted molar refractivity (Wildman–Crippen MR) is 136 cm³/mol. The van der Waals surface area contributed by atoms with Crippen LogP contribution < -0.4 is 14.8 Å².